The minimum absolute atomic E-state index is 0.0400. The van der Waals surface area contributed by atoms with Crippen molar-refractivity contribution in [3.63, 3.8) is 0 Å². The molecule has 166 valence electrons. The van der Waals surface area contributed by atoms with Gasteiger partial charge in [-0.1, -0.05) is 24.3 Å². The summed E-state index contributed by atoms with van der Waals surface area (Å²) < 4.78 is 10.5. The lowest BCUT2D eigenvalue weighted by Crippen LogP contribution is -2.43. The van der Waals surface area contributed by atoms with Crippen LogP contribution in [0.3, 0.4) is 0 Å². The summed E-state index contributed by atoms with van der Waals surface area (Å²) in [5.41, 5.74) is 2.74. The number of ether oxygens (including phenoxy) is 2. The van der Waals surface area contributed by atoms with Crippen molar-refractivity contribution in [2.24, 2.45) is 5.92 Å². The van der Waals surface area contributed by atoms with Crippen LogP contribution < -0.4 is 0 Å². The van der Waals surface area contributed by atoms with Crippen LogP contribution >= 0.6 is 0 Å². The van der Waals surface area contributed by atoms with Crippen molar-refractivity contribution in [1.29, 1.82) is 0 Å². The van der Waals surface area contributed by atoms with Crippen LogP contribution in [0.4, 0.5) is 0 Å². The zero-order valence-corrected chi connectivity index (χ0v) is 18.5. The minimum Gasteiger partial charge on any atom is -0.469 e. The van der Waals surface area contributed by atoms with Crippen molar-refractivity contribution in [3.8, 4) is 0 Å². The molecule has 2 aliphatic heterocycles. The van der Waals surface area contributed by atoms with E-state index in [1.807, 2.05) is 4.90 Å². The number of likely N-dealkylation sites (tertiary alicyclic amines) is 1. The Morgan fingerprint density at radius 2 is 1.90 bits per heavy atom. The van der Waals surface area contributed by atoms with Crippen molar-refractivity contribution in [3.05, 3.63) is 35.4 Å². The molecule has 0 saturated carbocycles. The van der Waals surface area contributed by atoms with Gasteiger partial charge < -0.3 is 14.4 Å². The summed E-state index contributed by atoms with van der Waals surface area (Å²) in [4.78, 5) is 28.7. The van der Waals surface area contributed by atoms with Crippen molar-refractivity contribution in [2.45, 2.75) is 58.1 Å². The Bertz CT molecular complexity index is 694. The second-order valence-corrected chi connectivity index (χ2v) is 8.66. The van der Waals surface area contributed by atoms with Gasteiger partial charge in [-0.25, -0.2) is 0 Å². The van der Waals surface area contributed by atoms with Gasteiger partial charge in [-0.05, 0) is 62.7 Å². The molecule has 0 radical (unpaired) electrons. The summed E-state index contributed by atoms with van der Waals surface area (Å²) in [5.74, 6) is 0.213. The van der Waals surface area contributed by atoms with Gasteiger partial charge in [-0.15, -0.1) is 0 Å². The fourth-order valence-corrected chi connectivity index (χ4v) is 4.45. The molecular weight excluding hydrogens is 380 g/mol. The van der Waals surface area contributed by atoms with Gasteiger partial charge in [0.2, 0.25) is 5.91 Å². The number of methoxy groups -OCH3 is 1. The Morgan fingerprint density at radius 3 is 2.57 bits per heavy atom. The highest BCUT2D eigenvalue weighted by atomic mass is 16.5. The topological polar surface area (TPSA) is 59.1 Å². The van der Waals surface area contributed by atoms with Gasteiger partial charge in [-0.2, -0.15) is 0 Å². The van der Waals surface area contributed by atoms with Crippen LogP contribution in [0.2, 0.25) is 0 Å². The van der Waals surface area contributed by atoms with Gasteiger partial charge in [0, 0.05) is 32.7 Å². The second-order valence-electron chi connectivity index (χ2n) is 8.66. The van der Waals surface area contributed by atoms with Crippen LogP contribution in [0.5, 0.6) is 0 Å². The SMILES string of the molecule is COC(=O)CCC(=O)N(CC1CCN(Cc2ccccc2C)CC1)C[C@H]1CCCO1. The molecule has 2 saturated heterocycles. The van der Waals surface area contributed by atoms with E-state index in [9.17, 15) is 9.59 Å². The molecule has 1 amide bonds. The van der Waals surface area contributed by atoms with Gasteiger partial charge in [0.05, 0.1) is 19.6 Å². The fraction of sp³-hybridized carbons (Fsp3) is 0.667. The average molecular weight is 417 g/mol. The summed E-state index contributed by atoms with van der Waals surface area (Å²) in [6, 6.07) is 8.58. The smallest absolute Gasteiger partial charge is 0.306 e. The van der Waals surface area contributed by atoms with Gasteiger partial charge in [0.1, 0.15) is 0 Å². The van der Waals surface area contributed by atoms with E-state index >= 15 is 0 Å². The first-order chi connectivity index (χ1) is 14.5. The third kappa shape index (κ3) is 6.81. The number of amides is 1. The van der Waals surface area contributed by atoms with E-state index in [4.69, 9.17) is 9.47 Å². The molecule has 0 aromatic heterocycles. The lowest BCUT2D eigenvalue weighted by Gasteiger charge is -2.36. The molecule has 0 unspecified atom stereocenters. The summed E-state index contributed by atoms with van der Waals surface area (Å²) in [7, 11) is 1.36. The molecule has 1 atom stereocenters. The number of piperidine rings is 1. The molecule has 1 aromatic rings. The third-order valence-electron chi connectivity index (χ3n) is 6.41. The van der Waals surface area contributed by atoms with E-state index in [0.717, 1.165) is 58.5 Å². The molecule has 2 fully saturated rings. The van der Waals surface area contributed by atoms with E-state index in [0.29, 0.717) is 12.5 Å². The van der Waals surface area contributed by atoms with Crippen LogP contribution in [0, 0.1) is 12.8 Å². The minimum atomic E-state index is -0.329. The molecule has 1 aromatic carbocycles. The number of carbonyl (C=O) groups is 2. The Labute approximate surface area is 180 Å². The first-order valence-electron chi connectivity index (χ1n) is 11.3. The average Bonchev–Trinajstić information content (AvgIpc) is 3.27. The zero-order chi connectivity index (χ0) is 21.3. The summed E-state index contributed by atoms with van der Waals surface area (Å²) in [6.07, 6.45) is 4.75. The van der Waals surface area contributed by atoms with Crippen molar-refractivity contribution in [1.82, 2.24) is 9.80 Å². The van der Waals surface area contributed by atoms with Crippen LogP contribution in [-0.4, -0.2) is 67.7 Å². The first kappa shape index (κ1) is 22.8. The molecule has 0 spiro atoms. The number of rotatable bonds is 9. The molecule has 0 aliphatic carbocycles. The normalized spacial score (nSPS) is 20.3. The molecule has 6 nitrogen and oxygen atoms in total. The monoisotopic (exact) mass is 416 g/mol. The van der Waals surface area contributed by atoms with Crippen LogP contribution in [0.25, 0.3) is 0 Å². The Balaban J connectivity index is 1.50. The van der Waals surface area contributed by atoms with E-state index < -0.39 is 0 Å². The fourth-order valence-electron chi connectivity index (χ4n) is 4.45. The number of benzene rings is 1. The Kier molecular flexibility index (Phi) is 8.70. The van der Waals surface area contributed by atoms with Crippen molar-refractivity contribution >= 4 is 11.9 Å². The van der Waals surface area contributed by atoms with Crippen LogP contribution in [-0.2, 0) is 25.6 Å². The number of aryl methyl sites for hydroxylation is 1. The maximum atomic E-state index is 12.8. The highest BCUT2D eigenvalue weighted by molar-refractivity contribution is 5.81. The number of hydrogen-bond donors (Lipinski definition) is 0. The Morgan fingerprint density at radius 1 is 1.13 bits per heavy atom. The maximum absolute atomic E-state index is 12.8. The Hall–Kier alpha value is -1.92. The lowest BCUT2D eigenvalue weighted by molar-refractivity contribution is -0.144. The second kappa shape index (κ2) is 11.5. The number of hydrogen-bond acceptors (Lipinski definition) is 5. The van der Waals surface area contributed by atoms with Crippen LogP contribution in [0.1, 0.15) is 49.7 Å². The van der Waals surface area contributed by atoms with Crippen molar-refractivity contribution < 1.29 is 19.1 Å². The molecule has 0 N–H and O–H groups in total. The molecule has 2 aliphatic rings. The largest absolute Gasteiger partial charge is 0.469 e. The zero-order valence-electron chi connectivity index (χ0n) is 18.5. The highest BCUT2D eigenvalue weighted by Crippen LogP contribution is 2.23. The third-order valence-corrected chi connectivity index (χ3v) is 6.41. The molecule has 2 heterocycles. The standard InChI is InChI=1S/C24H36N2O4/c1-19-6-3-4-7-21(19)17-25-13-11-20(12-14-25)16-26(18-22-8-5-15-30-22)23(27)9-10-24(28)29-2/h3-4,6-7,20,22H,5,8-18H2,1-2H3/t22-/m1/s1. The predicted octanol–water partition coefficient (Wildman–Crippen LogP) is 3.17. The molecule has 6 heteroatoms. The van der Waals surface area contributed by atoms with Gasteiger partial charge in [0.15, 0.2) is 0 Å². The van der Waals surface area contributed by atoms with Crippen LogP contribution in [0.15, 0.2) is 24.3 Å². The van der Waals surface area contributed by atoms with Gasteiger partial charge in [-0.3, -0.25) is 14.5 Å². The first-order valence-corrected chi connectivity index (χ1v) is 11.3. The van der Waals surface area contributed by atoms with Gasteiger partial charge in [0.25, 0.3) is 0 Å². The maximum Gasteiger partial charge on any atom is 0.306 e. The van der Waals surface area contributed by atoms with Crippen molar-refractivity contribution in [2.75, 3.05) is 39.9 Å². The van der Waals surface area contributed by atoms with E-state index in [1.165, 1.54) is 18.2 Å². The summed E-state index contributed by atoms with van der Waals surface area (Å²) in [5, 5.41) is 0. The summed E-state index contributed by atoms with van der Waals surface area (Å²) in [6.45, 7) is 7.47. The molecule has 30 heavy (non-hydrogen) atoms. The molecule has 3 rings (SSSR count). The molecule has 0 bridgehead atoms. The predicted molar refractivity (Wildman–Crippen MR) is 116 cm³/mol. The quantitative estimate of drug-likeness (QED) is 0.579. The van der Waals surface area contributed by atoms with E-state index in [-0.39, 0.29) is 30.8 Å². The summed E-state index contributed by atoms with van der Waals surface area (Å²) >= 11 is 0. The van der Waals surface area contributed by atoms with E-state index in [2.05, 4.69) is 36.1 Å². The van der Waals surface area contributed by atoms with E-state index in [1.54, 1.807) is 0 Å². The van der Waals surface area contributed by atoms with Gasteiger partial charge >= 0.3 is 5.97 Å². The number of esters is 1. The number of nitrogens with zero attached hydrogens (tertiary/aromatic N) is 2. The lowest BCUT2D eigenvalue weighted by atomic mass is 9.95. The number of carbonyl (C=O) groups excluding carboxylic acids is 2. The molecular formula is C24H36N2O4. The highest BCUT2D eigenvalue weighted by Gasteiger charge is 2.27.